The standard InChI is InChI=1S/C12H31NO5Si2/c1-14-12(15-2)19-10-6-8-13-9-7-11-20(16-3,17-4)18-5/h12-13H,6-11,19H2,1-5H3. The summed E-state index contributed by atoms with van der Waals surface area (Å²) in [5.74, 6) is 0.0618. The SMILES string of the molecule is COC(OC)[SiH2]CCCNCCC[Si](OC)(OC)OC. The van der Waals surface area contributed by atoms with Gasteiger partial charge in [0, 0.05) is 41.6 Å². The Morgan fingerprint density at radius 2 is 1.45 bits per heavy atom. The van der Waals surface area contributed by atoms with Crippen molar-refractivity contribution < 1.29 is 22.8 Å². The molecule has 20 heavy (non-hydrogen) atoms. The predicted molar refractivity (Wildman–Crippen MR) is 84.8 cm³/mol. The molecule has 122 valence electrons. The molecule has 0 aliphatic heterocycles. The zero-order chi connectivity index (χ0) is 15.3. The van der Waals surface area contributed by atoms with Gasteiger partial charge in [-0.15, -0.1) is 0 Å². The minimum atomic E-state index is -2.38. The van der Waals surface area contributed by atoms with Crippen molar-refractivity contribution in [2.45, 2.75) is 30.8 Å². The van der Waals surface area contributed by atoms with Gasteiger partial charge in [0.15, 0.2) is 0 Å². The summed E-state index contributed by atoms with van der Waals surface area (Å²) in [6.45, 7) is 2.00. The van der Waals surface area contributed by atoms with Crippen LogP contribution in [0.3, 0.4) is 0 Å². The van der Waals surface area contributed by atoms with Crippen LogP contribution in [-0.2, 0) is 22.8 Å². The first-order chi connectivity index (χ1) is 9.67. The van der Waals surface area contributed by atoms with Gasteiger partial charge >= 0.3 is 8.80 Å². The highest BCUT2D eigenvalue weighted by atomic mass is 28.4. The van der Waals surface area contributed by atoms with Gasteiger partial charge in [0.2, 0.25) is 0 Å². The largest absolute Gasteiger partial charge is 0.500 e. The zero-order valence-electron chi connectivity index (χ0n) is 13.6. The fourth-order valence-corrected chi connectivity index (χ4v) is 5.07. The van der Waals surface area contributed by atoms with Crippen molar-refractivity contribution in [3.63, 3.8) is 0 Å². The number of hydrogen-bond donors (Lipinski definition) is 1. The lowest BCUT2D eigenvalue weighted by molar-refractivity contribution is -0.0441. The summed E-state index contributed by atoms with van der Waals surface area (Å²) in [6, 6.07) is 2.07. The minimum Gasteiger partial charge on any atom is -0.377 e. The highest BCUT2D eigenvalue weighted by Crippen LogP contribution is 2.14. The van der Waals surface area contributed by atoms with Crippen LogP contribution in [0.5, 0.6) is 0 Å². The molecule has 0 rings (SSSR count). The molecule has 0 aromatic heterocycles. The summed E-state index contributed by atoms with van der Waals surface area (Å²) in [7, 11) is 5.70. The Labute approximate surface area is 126 Å². The second kappa shape index (κ2) is 12.9. The molecule has 0 spiro atoms. The van der Waals surface area contributed by atoms with Gasteiger partial charge in [-0.25, -0.2) is 0 Å². The molecule has 6 nitrogen and oxygen atoms in total. The summed E-state index contributed by atoms with van der Waals surface area (Å²) in [5.41, 5.74) is 0. The van der Waals surface area contributed by atoms with Crippen molar-refractivity contribution in [2.75, 3.05) is 48.6 Å². The minimum absolute atomic E-state index is 0.0618. The van der Waals surface area contributed by atoms with E-state index >= 15 is 0 Å². The molecule has 0 unspecified atom stereocenters. The van der Waals surface area contributed by atoms with Gasteiger partial charge < -0.3 is 28.1 Å². The van der Waals surface area contributed by atoms with Crippen molar-refractivity contribution >= 4 is 18.3 Å². The van der Waals surface area contributed by atoms with E-state index in [1.165, 1.54) is 12.5 Å². The molecular formula is C12H31NO5Si2. The molecule has 0 bridgehead atoms. The van der Waals surface area contributed by atoms with Crippen LogP contribution in [0.2, 0.25) is 12.1 Å². The van der Waals surface area contributed by atoms with E-state index < -0.39 is 8.80 Å². The fourth-order valence-electron chi connectivity index (χ4n) is 2.00. The van der Waals surface area contributed by atoms with E-state index in [1.54, 1.807) is 35.5 Å². The summed E-state index contributed by atoms with van der Waals surface area (Å²) in [6.07, 6.45) is 2.18. The molecule has 0 radical (unpaired) electrons. The van der Waals surface area contributed by atoms with Crippen molar-refractivity contribution in [1.82, 2.24) is 5.32 Å². The highest BCUT2D eigenvalue weighted by molar-refractivity contribution is 6.60. The summed E-state index contributed by atoms with van der Waals surface area (Å²) in [5, 5.41) is 3.44. The van der Waals surface area contributed by atoms with E-state index in [4.69, 9.17) is 22.8 Å². The van der Waals surface area contributed by atoms with Gasteiger partial charge in [-0.1, -0.05) is 6.04 Å². The average Bonchev–Trinajstić information content (AvgIpc) is 2.50. The van der Waals surface area contributed by atoms with Crippen LogP contribution in [-0.4, -0.2) is 72.9 Å². The lowest BCUT2D eigenvalue weighted by Crippen LogP contribution is -2.43. The maximum Gasteiger partial charge on any atom is 0.500 e. The molecule has 0 saturated carbocycles. The Bertz CT molecular complexity index is 208. The first-order valence-corrected chi connectivity index (χ1v) is 10.8. The van der Waals surface area contributed by atoms with Crippen molar-refractivity contribution in [2.24, 2.45) is 0 Å². The third-order valence-corrected chi connectivity index (χ3v) is 8.22. The first-order valence-electron chi connectivity index (χ1n) is 7.09. The van der Waals surface area contributed by atoms with Gasteiger partial charge in [-0.3, -0.25) is 0 Å². The Kier molecular flexibility index (Phi) is 13.0. The average molecular weight is 326 g/mol. The third-order valence-electron chi connectivity index (χ3n) is 3.34. The molecule has 0 fully saturated rings. The van der Waals surface area contributed by atoms with Crippen LogP contribution in [0.25, 0.3) is 0 Å². The second-order valence-corrected chi connectivity index (χ2v) is 9.59. The topological polar surface area (TPSA) is 58.2 Å². The number of ether oxygens (including phenoxy) is 2. The van der Waals surface area contributed by atoms with E-state index in [-0.39, 0.29) is 15.4 Å². The van der Waals surface area contributed by atoms with E-state index in [0.29, 0.717) is 0 Å². The summed E-state index contributed by atoms with van der Waals surface area (Å²) >= 11 is 0. The summed E-state index contributed by atoms with van der Waals surface area (Å²) in [4.78, 5) is 0. The molecule has 0 aliphatic rings. The zero-order valence-corrected chi connectivity index (χ0v) is 16.0. The van der Waals surface area contributed by atoms with E-state index in [0.717, 1.165) is 25.6 Å². The van der Waals surface area contributed by atoms with Crippen molar-refractivity contribution in [1.29, 1.82) is 0 Å². The lowest BCUT2D eigenvalue weighted by Gasteiger charge is -2.24. The van der Waals surface area contributed by atoms with Crippen LogP contribution >= 0.6 is 0 Å². The lowest BCUT2D eigenvalue weighted by atomic mass is 10.4. The van der Waals surface area contributed by atoms with Crippen molar-refractivity contribution in [3.05, 3.63) is 0 Å². The van der Waals surface area contributed by atoms with E-state index in [2.05, 4.69) is 5.32 Å². The molecule has 0 aliphatic carbocycles. The maximum absolute atomic E-state index is 5.38. The molecule has 8 heteroatoms. The molecule has 0 aromatic rings. The van der Waals surface area contributed by atoms with Crippen molar-refractivity contribution in [3.8, 4) is 0 Å². The molecule has 0 amide bonds. The monoisotopic (exact) mass is 325 g/mol. The van der Waals surface area contributed by atoms with E-state index in [1.807, 2.05) is 0 Å². The van der Waals surface area contributed by atoms with Crippen LogP contribution in [0.4, 0.5) is 0 Å². The number of nitrogens with one attached hydrogen (secondary N) is 1. The Morgan fingerprint density at radius 1 is 0.900 bits per heavy atom. The van der Waals surface area contributed by atoms with Gasteiger partial charge in [0.05, 0.1) is 9.52 Å². The summed E-state index contributed by atoms with van der Waals surface area (Å²) < 4.78 is 26.5. The smallest absolute Gasteiger partial charge is 0.377 e. The molecule has 0 aromatic carbocycles. The normalized spacial score (nSPS) is 12.9. The predicted octanol–water partition coefficient (Wildman–Crippen LogP) is 0.398. The molecule has 1 N–H and O–H groups in total. The van der Waals surface area contributed by atoms with E-state index in [9.17, 15) is 0 Å². The van der Waals surface area contributed by atoms with Crippen LogP contribution in [0.1, 0.15) is 12.8 Å². The third kappa shape index (κ3) is 8.47. The molecule has 0 heterocycles. The Morgan fingerprint density at radius 3 is 1.95 bits per heavy atom. The highest BCUT2D eigenvalue weighted by Gasteiger charge is 2.36. The molecule has 0 atom stereocenters. The first kappa shape index (κ1) is 20.2. The number of hydrogen-bond acceptors (Lipinski definition) is 6. The van der Waals surface area contributed by atoms with Gasteiger partial charge in [0.25, 0.3) is 0 Å². The van der Waals surface area contributed by atoms with Gasteiger partial charge in [-0.2, -0.15) is 0 Å². The quantitative estimate of drug-likeness (QED) is 0.283. The van der Waals surface area contributed by atoms with Gasteiger partial charge in [0.1, 0.15) is 5.91 Å². The van der Waals surface area contributed by atoms with Gasteiger partial charge in [-0.05, 0) is 25.9 Å². The van der Waals surface area contributed by atoms with Crippen LogP contribution in [0, 0.1) is 0 Å². The number of methoxy groups -OCH3 is 2. The number of rotatable bonds is 14. The van der Waals surface area contributed by atoms with Crippen LogP contribution in [0.15, 0.2) is 0 Å². The molecular weight excluding hydrogens is 294 g/mol. The Balaban J connectivity index is 3.49. The second-order valence-electron chi connectivity index (χ2n) is 4.55. The molecule has 0 saturated heterocycles. The maximum atomic E-state index is 5.38. The Hall–Kier alpha value is 0.194. The fraction of sp³-hybridized carbons (Fsp3) is 1.00. The van der Waals surface area contributed by atoms with Crippen LogP contribution < -0.4 is 5.32 Å².